The summed E-state index contributed by atoms with van der Waals surface area (Å²) in [6.45, 7) is 14.4. The summed E-state index contributed by atoms with van der Waals surface area (Å²) in [6, 6.07) is 3.88. The quantitative estimate of drug-likeness (QED) is 0.208. The molecular weight excluding hydrogens is 620 g/mol. The van der Waals surface area contributed by atoms with Crippen molar-refractivity contribution >= 4 is 46.6 Å². The number of ether oxygens (including phenoxy) is 4. The van der Waals surface area contributed by atoms with Crippen LogP contribution in [-0.4, -0.2) is 70.8 Å². The molecule has 3 aromatic rings. The molecule has 0 bridgehead atoms. The third-order valence-electron chi connectivity index (χ3n) is 7.33. The molecule has 0 fully saturated rings. The number of carbonyl (C=O) groups is 2. The first-order chi connectivity index (χ1) is 21.1. The number of fused-ring (bicyclic) bond motifs is 1. The van der Waals surface area contributed by atoms with Crippen molar-refractivity contribution < 1.29 is 28.5 Å². The Labute approximate surface area is 272 Å². The first kappa shape index (κ1) is 34.0. The maximum Gasteiger partial charge on any atom is 0.410 e. The number of aromatic nitrogens is 3. The maximum absolute atomic E-state index is 13.2. The van der Waals surface area contributed by atoms with Crippen LogP contribution in [0.3, 0.4) is 0 Å². The second-order valence-electron chi connectivity index (χ2n) is 12.5. The normalized spacial score (nSPS) is 13.7. The summed E-state index contributed by atoms with van der Waals surface area (Å²) in [5.74, 6) is 0.240. The number of nitrogens with one attached hydrogen (secondary N) is 2. The van der Waals surface area contributed by atoms with Gasteiger partial charge < -0.3 is 34.5 Å². The van der Waals surface area contributed by atoms with Crippen LogP contribution in [0.4, 0.5) is 16.4 Å². The van der Waals surface area contributed by atoms with Gasteiger partial charge in [-0.15, -0.1) is 0 Å². The number of aryl methyl sites for hydroxylation is 1. The number of halogens is 1. The Kier molecular flexibility index (Phi) is 10.3. The number of benzene rings is 1. The molecule has 0 spiro atoms. The zero-order valence-corrected chi connectivity index (χ0v) is 28.7. The van der Waals surface area contributed by atoms with E-state index in [1.807, 2.05) is 46.8 Å². The third-order valence-corrected chi connectivity index (χ3v) is 8.35. The molecule has 45 heavy (non-hydrogen) atoms. The lowest BCUT2D eigenvalue weighted by Gasteiger charge is -2.37. The van der Waals surface area contributed by atoms with E-state index >= 15 is 0 Å². The number of thiazole rings is 1. The molecule has 0 saturated heterocycles. The molecule has 4 rings (SSSR count). The molecule has 0 saturated carbocycles. The summed E-state index contributed by atoms with van der Waals surface area (Å²) >= 11 is 7.67. The minimum Gasteiger partial charge on any atom is -0.479 e. The number of amides is 2. The summed E-state index contributed by atoms with van der Waals surface area (Å²) in [7, 11) is 2.82. The SMILES string of the molecule is COc1nc(NCCOC(=O)N(C(C)C)C(C)(C)C)nc(OC)c1NC(=O)c1csc(Oc2cc3c(cc2Cl)CCC3(C)C)n1. The Balaban J connectivity index is 1.41. The van der Waals surface area contributed by atoms with Gasteiger partial charge in [-0.3, -0.25) is 4.79 Å². The van der Waals surface area contributed by atoms with Gasteiger partial charge in [0, 0.05) is 17.0 Å². The topological polar surface area (TPSA) is 137 Å². The standard InChI is InChI=1S/C31H41ClN6O6S/c1-17(2)38(30(3,4)5)29(40)43-13-12-33-27-36-25(41-8)23(26(37-27)42-9)35-24(39)21-16-45-28(34-21)44-22-15-19-18(14-20(22)32)10-11-31(19,6)7/h14-17H,10-13H2,1-9H3,(H,35,39)(H,33,36,37). The van der Waals surface area contributed by atoms with Crippen molar-refractivity contribution in [2.45, 2.75) is 78.3 Å². The highest BCUT2D eigenvalue weighted by Crippen LogP contribution is 2.44. The van der Waals surface area contributed by atoms with Gasteiger partial charge in [-0.2, -0.15) is 15.0 Å². The second-order valence-corrected chi connectivity index (χ2v) is 13.7. The summed E-state index contributed by atoms with van der Waals surface area (Å²) in [6.07, 6.45) is 1.60. The number of hydrogen-bond acceptors (Lipinski definition) is 11. The summed E-state index contributed by atoms with van der Waals surface area (Å²) < 4.78 is 22.3. The molecule has 1 aliphatic rings. The number of anilines is 2. The van der Waals surface area contributed by atoms with E-state index in [0.29, 0.717) is 10.8 Å². The first-order valence-electron chi connectivity index (χ1n) is 14.6. The lowest BCUT2D eigenvalue weighted by atomic mass is 9.86. The molecule has 2 aromatic heterocycles. The lowest BCUT2D eigenvalue weighted by Crippen LogP contribution is -2.50. The number of hydrogen-bond donors (Lipinski definition) is 2. The highest BCUT2D eigenvalue weighted by atomic mass is 35.5. The van der Waals surface area contributed by atoms with E-state index in [2.05, 4.69) is 39.4 Å². The fraction of sp³-hybridized carbons (Fsp3) is 0.516. The maximum atomic E-state index is 13.2. The zero-order chi connectivity index (χ0) is 33.1. The summed E-state index contributed by atoms with van der Waals surface area (Å²) in [4.78, 5) is 40.5. The molecule has 244 valence electrons. The highest BCUT2D eigenvalue weighted by Gasteiger charge is 2.32. The van der Waals surface area contributed by atoms with Gasteiger partial charge in [0.05, 0.1) is 25.8 Å². The second kappa shape index (κ2) is 13.7. The molecule has 0 atom stereocenters. The van der Waals surface area contributed by atoms with E-state index < -0.39 is 12.0 Å². The smallest absolute Gasteiger partial charge is 0.410 e. The predicted molar refractivity (Wildman–Crippen MR) is 175 cm³/mol. The molecule has 14 heteroatoms. The van der Waals surface area contributed by atoms with Crippen molar-refractivity contribution in [1.29, 1.82) is 0 Å². The van der Waals surface area contributed by atoms with Gasteiger partial charge in [-0.1, -0.05) is 36.8 Å². The van der Waals surface area contributed by atoms with Crippen molar-refractivity contribution in [3.8, 4) is 22.7 Å². The van der Waals surface area contributed by atoms with Gasteiger partial charge >= 0.3 is 6.09 Å². The molecule has 1 aliphatic carbocycles. The number of carbonyl (C=O) groups excluding carboxylic acids is 2. The van der Waals surface area contributed by atoms with Crippen LogP contribution in [0.2, 0.25) is 5.02 Å². The predicted octanol–water partition coefficient (Wildman–Crippen LogP) is 6.93. The van der Waals surface area contributed by atoms with Gasteiger partial charge in [-0.05, 0) is 76.1 Å². The van der Waals surface area contributed by atoms with Crippen LogP contribution < -0.4 is 24.8 Å². The van der Waals surface area contributed by atoms with Crippen LogP contribution in [0.5, 0.6) is 22.7 Å². The number of methoxy groups -OCH3 is 2. The van der Waals surface area contributed by atoms with E-state index in [9.17, 15) is 9.59 Å². The van der Waals surface area contributed by atoms with Crippen LogP contribution >= 0.6 is 22.9 Å². The van der Waals surface area contributed by atoms with Gasteiger partial charge in [0.1, 0.15) is 18.1 Å². The number of rotatable bonds is 11. The van der Waals surface area contributed by atoms with Crippen LogP contribution in [0, 0.1) is 0 Å². The van der Waals surface area contributed by atoms with Crippen molar-refractivity contribution in [3.05, 3.63) is 39.4 Å². The van der Waals surface area contributed by atoms with Gasteiger partial charge in [0.2, 0.25) is 17.7 Å². The molecule has 0 aliphatic heterocycles. The first-order valence-corrected chi connectivity index (χ1v) is 15.9. The largest absolute Gasteiger partial charge is 0.479 e. The molecule has 12 nitrogen and oxygen atoms in total. The molecular formula is C31H41ClN6O6S. The minimum atomic E-state index is -0.538. The van der Waals surface area contributed by atoms with E-state index in [-0.39, 0.29) is 64.4 Å². The van der Waals surface area contributed by atoms with E-state index in [0.717, 1.165) is 12.8 Å². The van der Waals surface area contributed by atoms with Crippen LogP contribution in [0.15, 0.2) is 17.5 Å². The molecule has 1 aromatic carbocycles. The zero-order valence-electron chi connectivity index (χ0n) is 27.2. The Morgan fingerprint density at radius 2 is 1.78 bits per heavy atom. The van der Waals surface area contributed by atoms with Crippen LogP contribution in [-0.2, 0) is 16.6 Å². The fourth-order valence-corrected chi connectivity index (χ4v) is 6.19. The van der Waals surface area contributed by atoms with Crippen LogP contribution in [0.1, 0.15) is 76.5 Å². The molecule has 0 radical (unpaired) electrons. The number of nitrogens with zero attached hydrogens (tertiary/aromatic N) is 4. The Morgan fingerprint density at radius 3 is 2.38 bits per heavy atom. The van der Waals surface area contributed by atoms with Gasteiger partial charge in [-0.25, -0.2) is 4.79 Å². The average molecular weight is 661 g/mol. The third kappa shape index (κ3) is 7.88. The Hall–Kier alpha value is -3.84. The fourth-order valence-electron chi connectivity index (χ4n) is 5.30. The Bertz CT molecular complexity index is 1530. The van der Waals surface area contributed by atoms with E-state index in [4.69, 9.17) is 30.5 Å². The van der Waals surface area contributed by atoms with E-state index in [1.54, 1.807) is 10.3 Å². The summed E-state index contributed by atoms with van der Waals surface area (Å²) in [5.41, 5.74) is 2.31. The monoisotopic (exact) mass is 660 g/mol. The molecule has 0 unspecified atom stereocenters. The van der Waals surface area contributed by atoms with Crippen molar-refractivity contribution in [2.75, 3.05) is 38.0 Å². The minimum absolute atomic E-state index is 0.0241. The Morgan fingerprint density at radius 1 is 1.11 bits per heavy atom. The highest BCUT2D eigenvalue weighted by molar-refractivity contribution is 7.11. The lowest BCUT2D eigenvalue weighted by molar-refractivity contribution is 0.0543. The summed E-state index contributed by atoms with van der Waals surface area (Å²) in [5, 5.41) is 8.06. The molecule has 2 N–H and O–H groups in total. The van der Waals surface area contributed by atoms with Crippen molar-refractivity contribution in [2.24, 2.45) is 0 Å². The average Bonchev–Trinajstić information content (AvgIpc) is 3.54. The molecule has 2 amide bonds. The van der Waals surface area contributed by atoms with E-state index in [1.165, 1.54) is 36.7 Å². The van der Waals surface area contributed by atoms with Gasteiger partial charge in [0.25, 0.3) is 11.1 Å². The molecule has 2 heterocycles. The van der Waals surface area contributed by atoms with Crippen molar-refractivity contribution in [1.82, 2.24) is 19.9 Å². The van der Waals surface area contributed by atoms with Crippen molar-refractivity contribution in [3.63, 3.8) is 0 Å². The van der Waals surface area contributed by atoms with Gasteiger partial charge in [0.15, 0.2) is 5.69 Å². The van der Waals surface area contributed by atoms with Crippen LogP contribution in [0.25, 0.3) is 0 Å².